The topological polar surface area (TPSA) is 43.3 Å². The van der Waals surface area contributed by atoms with Crippen molar-refractivity contribution in [2.45, 2.75) is 61.8 Å². The van der Waals surface area contributed by atoms with E-state index in [0.29, 0.717) is 0 Å². The van der Waals surface area contributed by atoms with Crippen molar-refractivity contribution >= 4 is 28.1 Å². The summed E-state index contributed by atoms with van der Waals surface area (Å²) in [4.78, 5) is 5.92. The minimum atomic E-state index is 0.239. The second-order valence-corrected chi connectivity index (χ2v) is 7.48. The molecule has 0 saturated heterocycles. The standard InChI is InChI=1S/C14H21N3S2/c1-2-10(15)9-12-13(19-11-5-3-4-6-11)16-14-17(12)7-8-18-14/h7-8,10-11H,2-6,9,15H2,1H3. The van der Waals surface area contributed by atoms with E-state index in [0.717, 1.165) is 23.1 Å². The molecule has 0 amide bonds. The zero-order valence-corrected chi connectivity index (χ0v) is 13.0. The molecule has 1 fully saturated rings. The van der Waals surface area contributed by atoms with Gasteiger partial charge in [0.05, 0.1) is 5.69 Å². The lowest BCUT2D eigenvalue weighted by atomic mass is 10.1. The van der Waals surface area contributed by atoms with Gasteiger partial charge in [-0.3, -0.25) is 4.40 Å². The van der Waals surface area contributed by atoms with E-state index in [1.807, 2.05) is 11.8 Å². The van der Waals surface area contributed by atoms with E-state index in [1.165, 1.54) is 36.4 Å². The van der Waals surface area contributed by atoms with Gasteiger partial charge in [0.2, 0.25) is 0 Å². The van der Waals surface area contributed by atoms with Crippen molar-refractivity contribution in [2.75, 3.05) is 0 Å². The summed E-state index contributed by atoms with van der Waals surface area (Å²) in [5, 5.41) is 4.09. The Morgan fingerprint density at radius 2 is 2.32 bits per heavy atom. The maximum atomic E-state index is 6.15. The highest BCUT2D eigenvalue weighted by Crippen LogP contribution is 2.37. The lowest BCUT2D eigenvalue weighted by Crippen LogP contribution is -2.22. The predicted molar refractivity (Wildman–Crippen MR) is 83.2 cm³/mol. The van der Waals surface area contributed by atoms with Gasteiger partial charge in [-0.1, -0.05) is 19.8 Å². The molecule has 0 aliphatic heterocycles. The van der Waals surface area contributed by atoms with Gasteiger partial charge in [-0.25, -0.2) is 4.98 Å². The van der Waals surface area contributed by atoms with Crippen LogP contribution in [-0.2, 0) is 6.42 Å². The third-order valence-corrected chi connectivity index (χ3v) is 6.00. The van der Waals surface area contributed by atoms with Crippen molar-refractivity contribution in [1.29, 1.82) is 0 Å². The number of hydrogen-bond acceptors (Lipinski definition) is 4. The number of imidazole rings is 1. The normalized spacial score (nSPS) is 18.4. The van der Waals surface area contributed by atoms with Gasteiger partial charge < -0.3 is 5.73 Å². The Morgan fingerprint density at radius 1 is 1.53 bits per heavy atom. The lowest BCUT2D eigenvalue weighted by molar-refractivity contribution is 0.627. The number of nitrogens with zero attached hydrogens (tertiary/aromatic N) is 2. The van der Waals surface area contributed by atoms with Crippen LogP contribution in [-0.4, -0.2) is 20.7 Å². The van der Waals surface area contributed by atoms with E-state index in [-0.39, 0.29) is 6.04 Å². The number of hydrogen-bond donors (Lipinski definition) is 1. The van der Waals surface area contributed by atoms with Crippen LogP contribution in [0.5, 0.6) is 0 Å². The summed E-state index contributed by atoms with van der Waals surface area (Å²) in [6, 6.07) is 0.239. The number of thiazole rings is 1. The molecule has 2 aromatic rings. The first-order valence-electron chi connectivity index (χ1n) is 7.14. The maximum absolute atomic E-state index is 6.15. The summed E-state index contributed by atoms with van der Waals surface area (Å²) in [5.41, 5.74) is 7.48. The summed E-state index contributed by atoms with van der Waals surface area (Å²) in [6.45, 7) is 2.15. The molecule has 19 heavy (non-hydrogen) atoms. The van der Waals surface area contributed by atoms with Crippen molar-refractivity contribution in [1.82, 2.24) is 9.38 Å². The molecule has 3 nitrogen and oxygen atoms in total. The van der Waals surface area contributed by atoms with Gasteiger partial charge >= 0.3 is 0 Å². The van der Waals surface area contributed by atoms with E-state index in [4.69, 9.17) is 10.7 Å². The number of nitrogens with two attached hydrogens (primary N) is 1. The van der Waals surface area contributed by atoms with Crippen LogP contribution in [0.1, 0.15) is 44.7 Å². The Bertz CT molecular complexity index is 540. The molecule has 5 heteroatoms. The van der Waals surface area contributed by atoms with Crippen molar-refractivity contribution in [3.8, 4) is 0 Å². The first-order chi connectivity index (χ1) is 9.28. The van der Waals surface area contributed by atoms with Crippen molar-refractivity contribution < 1.29 is 0 Å². The molecular weight excluding hydrogens is 274 g/mol. The van der Waals surface area contributed by atoms with Gasteiger partial charge in [-0.2, -0.15) is 0 Å². The molecule has 2 N–H and O–H groups in total. The van der Waals surface area contributed by atoms with Crippen LogP contribution in [0, 0.1) is 0 Å². The Balaban J connectivity index is 1.88. The van der Waals surface area contributed by atoms with E-state index in [9.17, 15) is 0 Å². The van der Waals surface area contributed by atoms with Gasteiger partial charge in [-0.15, -0.1) is 23.1 Å². The first kappa shape index (κ1) is 13.5. The molecule has 3 rings (SSSR count). The molecule has 0 aromatic carbocycles. The lowest BCUT2D eigenvalue weighted by Gasteiger charge is -2.11. The third kappa shape index (κ3) is 2.83. The second kappa shape index (κ2) is 5.85. The summed E-state index contributed by atoms with van der Waals surface area (Å²) in [6.07, 6.45) is 9.52. The van der Waals surface area contributed by atoms with E-state index < -0.39 is 0 Å². The first-order valence-corrected chi connectivity index (χ1v) is 8.90. The summed E-state index contributed by atoms with van der Waals surface area (Å²) in [5.74, 6) is 0. The molecule has 1 aliphatic carbocycles. The Kier molecular flexibility index (Phi) is 4.15. The minimum absolute atomic E-state index is 0.239. The van der Waals surface area contributed by atoms with Gasteiger partial charge in [0.15, 0.2) is 4.96 Å². The molecule has 1 atom stereocenters. The maximum Gasteiger partial charge on any atom is 0.194 e. The highest BCUT2D eigenvalue weighted by atomic mass is 32.2. The number of thioether (sulfide) groups is 1. The Hall–Kier alpha value is -0.520. The monoisotopic (exact) mass is 295 g/mol. The number of rotatable bonds is 5. The molecule has 104 valence electrons. The Labute approximate surface area is 122 Å². The average Bonchev–Trinajstić information content (AvgIpc) is 3.10. The van der Waals surface area contributed by atoms with Crippen LogP contribution in [0.25, 0.3) is 4.96 Å². The van der Waals surface area contributed by atoms with Crippen molar-refractivity contribution in [3.05, 3.63) is 17.3 Å². The largest absolute Gasteiger partial charge is 0.327 e. The van der Waals surface area contributed by atoms with Gasteiger partial charge in [0.1, 0.15) is 5.03 Å². The molecule has 0 bridgehead atoms. The fraction of sp³-hybridized carbons (Fsp3) is 0.643. The van der Waals surface area contributed by atoms with E-state index >= 15 is 0 Å². The van der Waals surface area contributed by atoms with Gasteiger partial charge in [0, 0.05) is 29.3 Å². The zero-order valence-electron chi connectivity index (χ0n) is 11.3. The number of aromatic nitrogens is 2. The minimum Gasteiger partial charge on any atom is -0.327 e. The van der Waals surface area contributed by atoms with Crippen LogP contribution < -0.4 is 5.73 Å². The predicted octanol–water partition coefficient (Wildman–Crippen LogP) is 3.71. The van der Waals surface area contributed by atoms with Crippen LogP contribution >= 0.6 is 23.1 Å². The van der Waals surface area contributed by atoms with Gasteiger partial charge in [0.25, 0.3) is 0 Å². The number of fused-ring (bicyclic) bond motifs is 1. The highest BCUT2D eigenvalue weighted by Gasteiger charge is 2.22. The van der Waals surface area contributed by atoms with Crippen LogP contribution in [0.3, 0.4) is 0 Å². The SMILES string of the molecule is CCC(N)Cc1c(SC2CCCC2)nc2sccn12. The van der Waals surface area contributed by atoms with Crippen LogP contribution in [0.4, 0.5) is 0 Å². The van der Waals surface area contributed by atoms with Crippen LogP contribution in [0.2, 0.25) is 0 Å². The van der Waals surface area contributed by atoms with Crippen LogP contribution in [0.15, 0.2) is 16.6 Å². The molecule has 0 radical (unpaired) electrons. The third-order valence-electron chi connectivity index (χ3n) is 3.88. The highest BCUT2D eigenvalue weighted by molar-refractivity contribution is 7.99. The van der Waals surface area contributed by atoms with Crippen molar-refractivity contribution in [2.24, 2.45) is 5.73 Å². The van der Waals surface area contributed by atoms with E-state index in [2.05, 4.69) is 22.9 Å². The molecular formula is C14H21N3S2. The molecule has 1 unspecified atom stereocenters. The molecule has 1 saturated carbocycles. The average molecular weight is 295 g/mol. The Morgan fingerprint density at radius 3 is 3.05 bits per heavy atom. The quantitative estimate of drug-likeness (QED) is 0.914. The fourth-order valence-corrected chi connectivity index (χ4v) is 4.78. The molecule has 1 aliphatic rings. The second-order valence-electron chi connectivity index (χ2n) is 5.32. The summed E-state index contributed by atoms with van der Waals surface area (Å²) >= 11 is 3.69. The molecule has 2 aromatic heterocycles. The van der Waals surface area contributed by atoms with Crippen molar-refractivity contribution in [3.63, 3.8) is 0 Å². The zero-order chi connectivity index (χ0) is 13.2. The molecule has 0 spiro atoms. The van der Waals surface area contributed by atoms with Gasteiger partial charge in [-0.05, 0) is 19.3 Å². The van der Waals surface area contributed by atoms with E-state index in [1.54, 1.807) is 11.3 Å². The fourth-order valence-electron chi connectivity index (χ4n) is 2.65. The summed E-state index contributed by atoms with van der Waals surface area (Å²) < 4.78 is 2.23. The summed E-state index contributed by atoms with van der Waals surface area (Å²) in [7, 11) is 0. The molecule has 2 heterocycles. The smallest absolute Gasteiger partial charge is 0.194 e.